The first kappa shape index (κ1) is 16.5. The number of halogens is 1. The summed E-state index contributed by atoms with van der Waals surface area (Å²) in [7, 11) is 1.58. The van der Waals surface area contributed by atoms with Gasteiger partial charge in [0, 0.05) is 5.56 Å². The summed E-state index contributed by atoms with van der Waals surface area (Å²) in [4.78, 5) is 11.7. The SMILES string of the molecule is COc1cccc(/C(C)=N\NC(=O)COc2ccc(F)cc2)c1. The van der Waals surface area contributed by atoms with Gasteiger partial charge in [-0.05, 0) is 43.3 Å². The van der Waals surface area contributed by atoms with E-state index in [0.29, 0.717) is 17.2 Å². The molecule has 2 rings (SSSR count). The second kappa shape index (κ2) is 7.93. The molecule has 1 N–H and O–H groups in total. The zero-order chi connectivity index (χ0) is 16.7. The number of hydrogen-bond donors (Lipinski definition) is 1. The van der Waals surface area contributed by atoms with Gasteiger partial charge in [0.2, 0.25) is 0 Å². The molecule has 2 aromatic rings. The molecule has 0 saturated heterocycles. The Balaban J connectivity index is 1.88. The van der Waals surface area contributed by atoms with Crippen LogP contribution in [0, 0.1) is 5.82 Å². The summed E-state index contributed by atoms with van der Waals surface area (Å²) in [6.45, 7) is 1.57. The Morgan fingerprint density at radius 3 is 2.61 bits per heavy atom. The highest BCUT2D eigenvalue weighted by Gasteiger charge is 2.04. The Morgan fingerprint density at radius 1 is 1.17 bits per heavy atom. The largest absolute Gasteiger partial charge is 0.497 e. The van der Waals surface area contributed by atoms with E-state index in [1.165, 1.54) is 24.3 Å². The summed E-state index contributed by atoms with van der Waals surface area (Å²) in [5.41, 5.74) is 3.88. The quantitative estimate of drug-likeness (QED) is 0.658. The molecule has 0 heterocycles. The van der Waals surface area contributed by atoms with Crippen LogP contribution < -0.4 is 14.9 Å². The molecular weight excluding hydrogens is 299 g/mol. The van der Waals surface area contributed by atoms with E-state index in [-0.39, 0.29) is 12.4 Å². The zero-order valence-corrected chi connectivity index (χ0v) is 12.9. The number of hydrazone groups is 1. The minimum Gasteiger partial charge on any atom is -0.497 e. The van der Waals surface area contributed by atoms with Crippen LogP contribution in [0.2, 0.25) is 0 Å². The fourth-order valence-corrected chi connectivity index (χ4v) is 1.77. The van der Waals surface area contributed by atoms with E-state index in [1.807, 2.05) is 24.3 Å². The van der Waals surface area contributed by atoms with Gasteiger partial charge in [0.25, 0.3) is 5.91 Å². The molecule has 0 aliphatic heterocycles. The summed E-state index contributed by atoms with van der Waals surface area (Å²) in [5.74, 6) is 0.356. The smallest absolute Gasteiger partial charge is 0.277 e. The highest BCUT2D eigenvalue weighted by Crippen LogP contribution is 2.13. The van der Waals surface area contributed by atoms with Crippen LogP contribution in [-0.4, -0.2) is 25.3 Å². The van der Waals surface area contributed by atoms with Gasteiger partial charge < -0.3 is 9.47 Å². The summed E-state index contributed by atoms with van der Waals surface area (Å²) in [6, 6.07) is 12.8. The first-order valence-corrected chi connectivity index (χ1v) is 6.94. The van der Waals surface area contributed by atoms with Crippen molar-refractivity contribution in [1.82, 2.24) is 5.43 Å². The highest BCUT2D eigenvalue weighted by molar-refractivity contribution is 5.99. The lowest BCUT2D eigenvalue weighted by atomic mass is 10.1. The van der Waals surface area contributed by atoms with Crippen molar-refractivity contribution in [2.24, 2.45) is 5.10 Å². The van der Waals surface area contributed by atoms with Crippen LogP contribution in [-0.2, 0) is 4.79 Å². The van der Waals surface area contributed by atoms with E-state index in [1.54, 1.807) is 14.0 Å². The molecule has 0 aliphatic rings. The molecule has 1 amide bonds. The molecule has 0 atom stereocenters. The Hall–Kier alpha value is -2.89. The lowest BCUT2D eigenvalue weighted by molar-refractivity contribution is -0.123. The number of hydrogen-bond acceptors (Lipinski definition) is 4. The van der Waals surface area contributed by atoms with Crippen LogP contribution in [0.5, 0.6) is 11.5 Å². The van der Waals surface area contributed by atoms with Crippen LogP contribution in [0.15, 0.2) is 53.6 Å². The number of rotatable bonds is 6. The van der Waals surface area contributed by atoms with Crippen molar-refractivity contribution in [3.8, 4) is 11.5 Å². The van der Waals surface area contributed by atoms with Crippen molar-refractivity contribution in [2.45, 2.75) is 6.92 Å². The monoisotopic (exact) mass is 316 g/mol. The number of carbonyl (C=O) groups excluding carboxylic acids is 1. The Labute approximate surface area is 133 Å². The highest BCUT2D eigenvalue weighted by atomic mass is 19.1. The molecule has 0 unspecified atom stereocenters. The van der Waals surface area contributed by atoms with E-state index in [0.717, 1.165) is 5.56 Å². The average molecular weight is 316 g/mol. The van der Waals surface area contributed by atoms with E-state index >= 15 is 0 Å². The third-order valence-corrected chi connectivity index (χ3v) is 3.02. The zero-order valence-electron chi connectivity index (χ0n) is 12.9. The predicted molar refractivity (Wildman–Crippen MR) is 85.2 cm³/mol. The van der Waals surface area contributed by atoms with Crippen LogP contribution in [0.1, 0.15) is 12.5 Å². The van der Waals surface area contributed by atoms with E-state index in [9.17, 15) is 9.18 Å². The van der Waals surface area contributed by atoms with Crippen molar-refractivity contribution in [3.63, 3.8) is 0 Å². The minimum atomic E-state index is -0.406. The van der Waals surface area contributed by atoms with Gasteiger partial charge in [-0.1, -0.05) is 12.1 Å². The molecule has 0 fully saturated rings. The summed E-state index contributed by atoms with van der Waals surface area (Å²) >= 11 is 0. The fraction of sp³-hybridized carbons (Fsp3) is 0.176. The number of carbonyl (C=O) groups is 1. The minimum absolute atomic E-state index is 0.208. The molecule has 6 heteroatoms. The second-order valence-corrected chi connectivity index (χ2v) is 4.71. The molecule has 0 radical (unpaired) electrons. The van der Waals surface area contributed by atoms with Gasteiger partial charge in [0.05, 0.1) is 12.8 Å². The van der Waals surface area contributed by atoms with Gasteiger partial charge in [-0.3, -0.25) is 4.79 Å². The molecule has 5 nitrogen and oxygen atoms in total. The molecule has 0 spiro atoms. The summed E-state index contributed by atoms with van der Waals surface area (Å²) < 4.78 is 23.1. The topological polar surface area (TPSA) is 59.9 Å². The molecular formula is C17H17FN2O3. The molecule has 0 aliphatic carbocycles. The van der Waals surface area contributed by atoms with Gasteiger partial charge >= 0.3 is 0 Å². The van der Waals surface area contributed by atoms with Gasteiger partial charge in [0.15, 0.2) is 6.61 Å². The lowest BCUT2D eigenvalue weighted by Gasteiger charge is -2.06. The number of nitrogens with zero attached hydrogens (tertiary/aromatic N) is 1. The van der Waals surface area contributed by atoms with Crippen LogP contribution in [0.4, 0.5) is 4.39 Å². The molecule has 0 bridgehead atoms. The number of nitrogens with one attached hydrogen (secondary N) is 1. The van der Waals surface area contributed by atoms with Gasteiger partial charge in [-0.15, -0.1) is 0 Å². The van der Waals surface area contributed by atoms with Crippen molar-refractivity contribution in [2.75, 3.05) is 13.7 Å². The van der Waals surface area contributed by atoms with Crippen molar-refractivity contribution < 1.29 is 18.7 Å². The number of methoxy groups -OCH3 is 1. The van der Waals surface area contributed by atoms with Crippen LogP contribution in [0.25, 0.3) is 0 Å². The predicted octanol–water partition coefficient (Wildman–Crippen LogP) is 2.75. The first-order chi connectivity index (χ1) is 11.1. The van der Waals surface area contributed by atoms with Crippen molar-refractivity contribution in [3.05, 3.63) is 59.9 Å². The molecule has 2 aromatic carbocycles. The Morgan fingerprint density at radius 2 is 1.91 bits per heavy atom. The van der Waals surface area contributed by atoms with Crippen LogP contribution >= 0.6 is 0 Å². The van der Waals surface area contributed by atoms with Gasteiger partial charge in [0.1, 0.15) is 17.3 Å². The first-order valence-electron chi connectivity index (χ1n) is 6.94. The van der Waals surface area contributed by atoms with E-state index in [2.05, 4.69) is 10.5 Å². The molecule has 23 heavy (non-hydrogen) atoms. The molecule has 0 saturated carbocycles. The second-order valence-electron chi connectivity index (χ2n) is 4.71. The number of amides is 1. The average Bonchev–Trinajstić information content (AvgIpc) is 2.59. The Kier molecular flexibility index (Phi) is 5.68. The maximum absolute atomic E-state index is 12.7. The third kappa shape index (κ3) is 5.10. The summed E-state index contributed by atoms with van der Waals surface area (Å²) in [6.07, 6.45) is 0. The van der Waals surface area contributed by atoms with Crippen molar-refractivity contribution >= 4 is 11.6 Å². The number of benzene rings is 2. The van der Waals surface area contributed by atoms with E-state index in [4.69, 9.17) is 9.47 Å². The van der Waals surface area contributed by atoms with Gasteiger partial charge in [-0.25, -0.2) is 9.82 Å². The van der Waals surface area contributed by atoms with Gasteiger partial charge in [-0.2, -0.15) is 5.10 Å². The molecule has 120 valence electrons. The summed E-state index contributed by atoms with van der Waals surface area (Å²) in [5, 5.41) is 4.02. The normalized spacial score (nSPS) is 11.0. The standard InChI is InChI=1S/C17H17FN2O3/c1-12(13-4-3-5-16(10-13)22-2)19-20-17(21)11-23-15-8-6-14(18)7-9-15/h3-10H,11H2,1-2H3,(H,20,21)/b19-12-. The Bertz CT molecular complexity index is 699. The number of ether oxygens (including phenoxy) is 2. The lowest BCUT2D eigenvalue weighted by Crippen LogP contribution is -2.25. The van der Waals surface area contributed by atoms with Crippen LogP contribution in [0.3, 0.4) is 0 Å². The van der Waals surface area contributed by atoms with Crippen molar-refractivity contribution in [1.29, 1.82) is 0 Å². The maximum atomic E-state index is 12.7. The van der Waals surface area contributed by atoms with E-state index < -0.39 is 5.91 Å². The fourth-order valence-electron chi connectivity index (χ4n) is 1.77. The maximum Gasteiger partial charge on any atom is 0.277 e. The molecule has 0 aromatic heterocycles. The third-order valence-electron chi connectivity index (χ3n) is 3.02.